The Labute approximate surface area is 99.1 Å². The summed E-state index contributed by atoms with van der Waals surface area (Å²) in [6, 6.07) is 0. The van der Waals surface area contributed by atoms with Gasteiger partial charge < -0.3 is 10.1 Å². The molecule has 1 N–H and O–H groups in total. The Morgan fingerprint density at radius 2 is 2.06 bits per heavy atom. The molecule has 1 heterocycles. The van der Waals surface area contributed by atoms with Gasteiger partial charge in [-0.05, 0) is 32.6 Å². The SMILES string of the molecule is CC#CCNCC1CCC2(CCCCC2)O1. The van der Waals surface area contributed by atoms with Crippen molar-refractivity contribution < 1.29 is 4.74 Å². The molecule has 0 aromatic heterocycles. The van der Waals surface area contributed by atoms with E-state index in [9.17, 15) is 0 Å². The van der Waals surface area contributed by atoms with Crippen molar-refractivity contribution in [3.05, 3.63) is 0 Å². The molecule has 1 saturated carbocycles. The zero-order valence-electron chi connectivity index (χ0n) is 10.3. The molecule has 2 rings (SSSR count). The van der Waals surface area contributed by atoms with Gasteiger partial charge in [-0.15, -0.1) is 5.92 Å². The summed E-state index contributed by atoms with van der Waals surface area (Å²) in [6.45, 7) is 3.64. The first-order valence-electron chi connectivity index (χ1n) is 6.63. The molecule has 90 valence electrons. The minimum Gasteiger partial charge on any atom is -0.370 e. The van der Waals surface area contributed by atoms with Gasteiger partial charge in [0.2, 0.25) is 0 Å². The second-order valence-corrected chi connectivity index (χ2v) is 5.08. The maximum absolute atomic E-state index is 6.26. The summed E-state index contributed by atoms with van der Waals surface area (Å²) in [6.07, 6.45) is 9.64. The van der Waals surface area contributed by atoms with Crippen molar-refractivity contribution in [3.8, 4) is 11.8 Å². The highest BCUT2D eigenvalue weighted by molar-refractivity contribution is 4.97. The third kappa shape index (κ3) is 2.99. The van der Waals surface area contributed by atoms with Gasteiger partial charge in [-0.2, -0.15) is 0 Å². The Bertz CT molecular complexity index is 270. The molecule has 2 aliphatic rings. The van der Waals surface area contributed by atoms with Gasteiger partial charge in [0.05, 0.1) is 18.2 Å². The van der Waals surface area contributed by atoms with Crippen LogP contribution in [0.4, 0.5) is 0 Å². The van der Waals surface area contributed by atoms with Crippen LogP contribution >= 0.6 is 0 Å². The molecule has 0 aromatic rings. The molecule has 0 radical (unpaired) electrons. The average Bonchev–Trinajstić information content (AvgIpc) is 2.69. The maximum atomic E-state index is 6.26. The first-order chi connectivity index (χ1) is 7.85. The van der Waals surface area contributed by atoms with E-state index in [2.05, 4.69) is 17.2 Å². The van der Waals surface area contributed by atoms with Crippen LogP contribution in [0.5, 0.6) is 0 Å². The van der Waals surface area contributed by atoms with Crippen molar-refractivity contribution in [2.24, 2.45) is 0 Å². The van der Waals surface area contributed by atoms with E-state index in [1.165, 1.54) is 44.9 Å². The van der Waals surface area contributed by atoms with Gasteiger partial charge in [-0.3, -0.25) is 0 Å². The van der Waals surface area contributed by atoms with Crippen LogP contribution in [0.15, 0.2) is 0 Å². The molecule has 1 aliphatic heterocycles. The zero-order valence-corrected chi connectivity index (χ0v) is 10.3. The van der Waals surface area contributed by atoms with Crippen molar-refractivity contribution in [3.63, 3.8) is 0 Å². The Morgan fingerprint density at radius 1 is 1.25 bits per heavy atom. The normalized spacial score (nSPS) is 27.7. The quantitative estimate of drug-likeness (QED) is 0.584. The van der Waals surface area contributed by atoms with Crippen LogP contribution in [0.3, 0.4) is 0 Å². The minimum absolute atomic E-state index is 0.265. The Hall–Kier alpha value is -0.520. The van der Waals surface area contributed by atoms with Gasteiger partial charge in [0.25, 0.3) is 0 Å². The van der Waals surface area contributed by atoms with Gasteiger partial charge in [0.15, 0.2) is 0 Å². The van der Waals surface area contributed by atoms with Gasteiger partial charge in [-0.25, -0.2) is 0 Å². The molecule has 16 heavy (non-hydrogen) atoms. The molecule has 0 amide bonds. The van der Waals surface area contributed by atoms with Crippen molar-refractivity contribution in [1.82, 2.24) is 5.32 Å². The fourth-order valence-corrected chi connectivity index (χ4v) is 2.99. The fourth-order valence-electron chi connectivity index (χ4n) is 2.99. The first kappa shape index (κ1) is 12.0. The molecular weight excluding hydrogens is 198 g/mol. The van der Waals surface area contributed by atoms with E-state index in [4.69, 9.17) is 4.74 Å². The third-order valence-electron chi connectivity index (χ3n) is 3.87. The molecule has 1 aliphatic carbocycles. The Balaban J connectivity index is 1.71. The van der Waals surface area contributed by atoms with Crippen LogP contribution in [0.25, 0.3) is 0 Å². The highest BCUT2D eigenvalue weighted by atomic mass is 16.5. The zero-order chi connectivity index (χ0) is 11.3. The molecule has 2 nitrogen and oxygen atoms in total. The van der Waals surface area contributed by atoms with Crippen LogP contribution in [0, 0.1) is 11.8 Å². The summed E-state index contributed by atoms with van der Waals surface area (Å²) in [7, 11) is 0. The van der Waals surface area contributed by atoms with Crippen LogP contribution in [0.2, 0.25) is 0 Å². The lowest BCUT2D eigenvalue weighted by Gasteiger charge is -2.33. The summed E-state index contributed by atoms with van der Waals surface area (Å²) in [4.78, 5) is 0. The molecule has 1 atom stereocenters. The number of ether oxygens (including phenoxy) is 1. The predicted molar refractivity (Wildman–Crippen MR) is 66.2 cm³/mol. The summed E-state index contributed by atoms with van der Waals surface area (Å²) in [5.41, 5.74) is 0.265. The van der Waals surface area contributed by atoms with E-state index in [-0.39, 0.29) is 5.60 Å². The number of hydrogen-bond acceptors (Lipinski definition) is 2. The van der Waals surface area contributed by atoms with E-state index in [1.807, 2.05) is 6.92 Å². The summed E-state index contributed by atoms with van der Waals surface area (Å²) < 4.78 is 6.26. The monoisotopic (exact) mass is 221 g/mol. The van der Waals surface area contributed by atoms with Crippen molar-refractivity contribution in [2.75, 3.05) is 13.1 Å². The summed E-state index contributed by atoms with van der Waals surface area (Å²) >= 11 is 0. The van der Waals surface area contributed by atoms with Crippen LogP contribution in [0.1, 0.15) is 51.9 Å². The van der Waals surface area contributed by atoms with E-state index in [0.717, 1.165) is 13.1 Å². The highest BCUT2D eigenvalue weighted by Gasteiger charge is 2.40. The van der Waals surface area contributed by atoms with E-state index in [0.29, 0.717) is 6.10 Å². The standard InChI is InChI=1S/C14H23NO/c1-2-3-11-15-12-13-7-10-14(16-13)8-5-4-6-9-14/h13,15H,4-12H2,1H3. The molecule has 1 unspecified atom stereocenters. The highest BCUT2D eigenvalue weighted by Crippen LogP contribution is 2.41. The number of nitrogens with one attached hydrogen (secondary N) is 1. The van der Waals surface area contributed by atoms with Gasteiger partial charge in [0, 0.05) is 6.54 Å². The number of hydrogen-bond donors (Lipinski definition) is 1. The van der Waals surface area contributed by atoms with Gasteiger partial charge in [-0.1, -0.05) is 25.2 Å². The lowest BCUT2D eigenvalue weighted by molar-refractivity contribution is -0.0620. The first-order valence-corrected chi connectivity index (χ1v) is 6.63. The lowest BCUT2D eigenvalue weighted by Crippen LogP contribution is -2.34. The van der Waals surface area contributed by atoms with Crippen molar-refractivity contribution in [2.45, 2.75) is 63.6 Å². The fraction of sp³-hybridized carbons (Fsp3) is 0.857. The lowest BCUT2D eigenvalue weighted by atomic mass is 9.83. The minimum atomic E-state index is 0.265. The average molecular weight is 221 g/mol. The third-order valence-corrected chi connectivity index (χ3v) is 3.87. The van der Waals surface area contributed by atoms with E-state index in [1.54, 1.807) is 0 Å². The van der Waals surface area contributed by atoms with Crippen LogP contribution in [-0.2, 0) is 4.74 Å². The van der Waals surface area contributed by atoms with Crippen molar-refractivity contribution >= 4 is 0 Å². The molecule has 1 saturated heterocycles. The van der Waals surface area contributed by atoms with Crippen molar-refractivity contribution in [1.29, 1.82) is 0 Å². The molecular formula is C14H23NO. The maximum Gasteiger partial charge on any atom is 0.0708 e. The largest absolute Gasteiger partial charge is 0.370 e. The molecule has 2 fully saturated rings. The van der Waals surface area contributed by atoms with Gasteiger partial charge in [0.1, 0.15) is 0 Å². The predicted octanol–water partition coefficient (Wildman–Crippen LogP) is 2.48. The number of rotatable bonds is 3. The van der Waals surface area contributed by atoms with E-state index < -0.39 is 0 Å². The molecule has 0 bridgehead atoms. The smallest absolute Gasteiger partial charge is 0.0708 e. The topological polar surface area (TPSA) is 21.3 Å². The Kier molecular flexibility index (Phi) is 4.26. The molecule has 0 aromatic carbocycles. The second kappa shape index (κ2) is 5.70. The van der Waals surface area contributed by atoms with Gasteiger partial charge >= 0.3 is 0 Å². The Morgan fingerprint density at radius 3 is 2.81 bits per heavy atom. The van der Waals surface area contributed by atoms with Crippen LogP contribution in [-0.4, -0.2) is 24.8 Å². The summed E-state index contributed by atoms with van der Waals surface area (Å²) in [5, 5.41) is 3.35. The molecule has 1 spiro atoms. The van der Waals surface area contributed by atoms with Crippen LogP contribution < -0.4 is 5.32 Å². The summed E-state index contributed by atoms with van der Waals surface area (Å²) in [5.74, 6) is 5.92. The second-order valence-electron chi connectivity index (χ2n) is 5.08. The van der Waals surface area contributed by atoms with E-state index >= 15 is 0 Å². The molecule has 2 heteroatoms.